The molecule has 0 aromatic carbocycles. The molecule has 0 radical (unpaired) electrons. The van der Waals surface area contributed by atoms with Crippen molar-refractivity contribution in [3.63, 3.8) is 0 Å². The van der Waals surface area contributed by atoms with E-state index in [0.717, 1.165) is 32.2 Å². The summed E-state index contributed by atoms with van der Waals surface area (Å²) in [6.45, 7) is 9.09. The number of nitrogens with two attached hydrogens (primary N) is 1. The van der Waals surface area contributed by atoms with E-state index in [1.165, 1.54) is 0 Å². The Morgan fingerprint density at radius 3 is 2.47 bits per heavy atom. The highest BCUT2D eigenvalue weighted by molar-refractivity contribution is 5.85. The molecule has 3 N–H and O–H groups in total. The minimum Gasteiger partial charge on any atom is -0.355 e. The monoisotopic (exact) mass is 262 g/mol. The molecule has 1 aliphatic rings. The van der Waals surface area contributed by atoms with Crippen LogP contribution in [0.15, 0.2) is 0 Å². The van der Waals surface area contributed by atoms with Gasteiger partial charge in [0.2, 0.25) is 5.91 Å². The number of carbonyl (C=O) groups is 1. The number of hydrogen-bond donors (Lipinski definition) is 2. The van der Waals surface area contributed by atoms with Gasteiger partial charge in [-0.3, -0.25) is 4.79 Å². The van der Waals surface area contributed by atoms with Gasteiger partial charge in [0, 0.05) is 12.1 Å². The van der Waals surface area contributed by atoms with E-state index < -0.39 is 0 Å². The number of amides is 1. The quantitative estimate of drug-likeness (QED) is 0.803. The molecule has 3 nitrogen and oxygen atoms in total. The van der Waals surface area contributed by atoms with Crippen LogP contribution in [0.5, 0.6) is 0 Å². The van der Waals surface area contributed by atoms with Crippen LogP contribution in [0.2, 0.25) is 0 Å². The Kier molecular flexibility index (Phi) is 5.95. The molecule has 0 aliphatic heterocycles. The van der Waals surface area contributed by atoms with Crippen molar-refractivity contribution in [1.82, 2.24) is 5.32 Å². The second-order valence-electron chi connectivity index (χ2n) is 6.58. The Morgan fingerprint density at radius 2 is 2.00 bits per heavy atom. The number of hydrogen-bond acceptors (Lipinski definition) is 2. The zero-order chi connectivity index (χ0) is 12.4. The lowest BCUT2D eigenvalue weighted by Gasteiger charge is -2.37. The van der Waals surface area contributed by atoms with Gasteiger partial charge in [-0.25, -0.2) is 0 Å². The molecule has 0 saturated heterocycles. The number of nitrogens with one attached hydrogen (secondary N) is 1. The first-order valence-electron chi connectivity index (χ1n) is 6.29. The average molecular weight is 263 g/mol. The minimum atomic E-state index is -0.319. The molecule has 0 bridgehead atoms. The van der Waals surface area contributed by atoms with E-state index >= 15 is 0 Å². The highest BCUT2D eigenvalue weighted by Crippen LogP contribution is 2.31. The van der Waals surface area contributed by atoms with Crippen LogP contribution in [0.3, 0.4) is 0 Å². The fourth-order valence-corrected chi connectivity index (χ4v) is 2.26. The number of carbonyl (C=O) groups excluding carboxylic acids is 1. The highest BCUT2D eigenvalue weighted by atomic mass is 35.5. The second kappa shape index (κ2) is 6.05. The maximum absolute atomic E-state index is 12.1. The molecule has 17 heavy (non-hydrogen) atoms. The van der Waals surface area contributed by atoms with Gasteiger partial charge in [0.1, 0.15) is 0 Å². The van der Waals surface area contributed by atoms with Crippen LogP contribution in [-0.2, 0) is 4.79 Å². The maximum Gasteiger partial charge on any atom is 0.224 e. The second-order valence-corrected chi connectivity index (χ2v) is 6.58. The summed E-state index contributed by atoms with van der Waals surface area (Å²) in [4.78, 5) is 12.1. The smallest absolute Gasteiger partial charge is 0.224 e. The third-order valence-corrected chi connectivity index (χ3v) is 3.36. The van der Waals surface area contributed by atoms with Crippen LogP contribution < -0.4 is 11.1 Å². The van der Waals surface area contributed by atoms with Crippen LogP contribution in [0.4, 0.5) is 0 Å². The molecule has 1 saturated carbocycles. The van der Waals surface area contributed by atoms with Crippen LogP contribution in [-0.4, -0.2) is 18.0 Å². The van der Waals surface area contributed by atoms with E-state index in [1.54, 1.807) is 0 Å². The van der Waals surface area contributed by atoms with E-state index in [-0.39, 0.29) is 35.2 Å². The van der Waals surface area contributed by atoms with Crippen LogP contribution in [0.1, 0.15) is 53.4 Å². The summed E-state index contributed by atoms with van der Waals surface area (Å²) >= 11 is 0. The molecular formula is C13H27ClN2O. The molecule has 102 valence electrons. The first kappa shape index (κ1) is 16.7. The fraction of sp³-hybridized carbons (Fsp3) is 0.923. The lowest BCUT2D eigenvalue weighted by molar-refractivity contribution is -0.128. The highest BCUT2D eigenvalue weighted by Gasteiger charge is 2.37. The molecule has 0 spiro atoms. The predicted molar refractivity (Wildman–Crippen MR) is 74.3 cm³/mol. The Bertz CT molecular complexity index is 259. The van der Waals surface area contributed by atoms with Gasteiger partial charge in [0.25, 0.3) is 0 Å². The first-order valence-corrected chi connectivity index (χ1v) is 6.29. The largest absolute Gasteiger partial charge is 0.355 e. The van der Waals surface area contributed by atoms with Gasteiger partial charge in [0.05, 0.1) is 5.92 Å². The molecule has 1 rings (SSSR count). The summed E-state index contributed by atoms with van der Waals surface area (Å²) in [6, 6.07) is 0. The third-order valence-electron chi connectivity index (χ3n) is 3.36. The maximum atomic E-state index is 12.1. The van der Waals surface area contributed by atoms with Crippen molar-refractivity contribution in [2.45, 2.75) is 58.9 Å². The summed E-state index contributed by atoms with van der Waals surface area (Å²) in [7, 11) is 0. The van der Waals surface area contributed by atoms with Crippen molar-refractivity contribution in [2.24, 2.45) is 17.1 Å². The van der Waals surface area contributed by atoms with E-state index in [4.69, 9.17) is 5.73 Å². The fourth-order valence-electron chi connectivity index (χ4n) is 2.26. The van der Waals surface area contributed by atoms with Crippen molar-refractivity contribution in [3.8, 4) is 0 Å². The summed E-state index contributed by atoms with van der Waals surface area (Å²) < 4.78 is 0. The van der Waals surface area contributed by atoms with Gasteiger partial charge in [-0.2, -0.15) is 0 Å². The van der Waals surface area contributed by atoms with Gasteiger partial charge in [0.15, 0.2) is 0 Å². The Morgan fingerprint density at radius 1 is 1.41 bits per heavy atom. The molecular weight excluding hydrogens is 236 g/mol. The standard InChI is InChI=1S/C13H26N2O.ClH/c1-12(2,3)9-15-11(16)10-7-5-6-8-13(10,4)14;/h10H,5-9,14H2,1-4H3,(H,15,16);1H. The van der Waals surface area contributed by atoms with Crippen molar-refractivity contribution in [1.29, 1.82) is 0 Å². The lowest BCUT2D eigenvalue weighted by Crippen LogP contribution is -2.53. The van der Waals surface area contributed by atoms with Crippen LogP contribution in [0.25, 0.3) is 0 Å². The van der Waals surface area contributed by atoms with E-state index in [0.29, 0.717) is 0 Å². The van der Waals surface area contributed by atoms with Crippen molar-refractivity contribution >= 4 is 18.3 Å². The summed E-state index contributed by atoms with van der Waals surface area (Å²) in [5, 5.41) is 3.03. The van der Waals surface area contributed by atoms with Crippen LogP contribution >= 0.6 is 12.4 Å². The number of halogens is 1. The molecule has 1 amide bonds. The van der Waals surface area contributed by atoms with Gasteiger partial charge in [-0.15, -0.1) is 12.4 Å². The van der Waals surface area contributed by atoms with Gasteiger partial charge < -0.3 is 11.1 Å². The summed E-state index contributed by atoms with van der Waals surface area (Å²) in [5.41, 5.74) is 6.02. The zero-order valence-electron chi connectivity index (χ0n) is 11.5. The Balaban J connectivity index is 0.00000256. The molecule has 1 aliphatic carbocycles. The first-order chi connectivity index (χ1) is 7.22. The van der Waals surface area contributed by atoms with Gasteiger partial charge >= 0.3 is 0 Å². The minimum absolute atomic E-state index is 0. The van der Waals surface area contributed by atoms with Gasteiger partial charge in [-0.05, 0) is 25.2 Å². The molecule has 4 heteroatoms. The average Bonchev–Trinajstić information content (AvgIpc) is 2.12. The SMILES string of the molecule is CC(C)(C)CNC(=O)C1CCCCC1(C)N.Cl. The van der Waals surface area contributed by atoms with Crippen LogP contribution in [0, 0.1) is 11.3 Å². The molecule has 2 unspecified atom stereocenters. The topological polar surface area (TPSA) is 55.1 Å². The molecule has 0 heterocycles. The number of rotatable bonds is 2. The molecule has 0 aromatic rings. The Labute approximate surface area is 111 Å². The summed E-state index contributed by atoms with van der Waals surface area (Å²) in [6.07, 6.45) is 4.17. The predicted octanol–water partition coefficient (Wildman–Crippen LogP) is 2.48. The molecule has 2 atom stereocenters. The summed E-state index contributed by atoms with van der Waals surface area (Å²) in [5.74, 6) is 0.128. The van der Waals surface area contributed by atoms with E-state index in [1.807, 2.05) is 6.92 Å². The lowest BCUT2D eigenvalue weighted by atomic mass is 9.74. The molecule has 1 fully saturated rings. The Hall–Kier alpha value is -0.280. The third kappa shape index (κ3) is 5.26. The van der Waals surface area contributed by atoms with Crippen molar-refractivity contribution in [3.05, 3.63) is 0 Å². The van der Waals surface area contributed by atoms with Gasteiger partial charge in [-0.1, -0.05) is 33.6 Å². The normalized spacial score (nSPS) is 29.4. The molecule has 0 aromatic heterocycles. The van der Waals surface area contributed by atoms with E-state index in [9.17, 15) is 4.79 Å². The zero-order valence-corrected chi connectivity index (χ0v) is 12.3. The van der Waals surface area contributed by atoms with Crippen molar-refractivity contribution < 1.29 is 4.79 Å². The van der Waals surface area contributed by atoms with Crippen molar-refractivity contribution in [2.75, 3.05) is 6.54 Å². The van der Waals surface area contributed by atoms with E-state index in [2.05, 4.69) is 26.1 Å².